The molecular weight excluding hydrogens is 346 g/mol. The highest BCUT2D eigenvalue weighted by molar-refractivity contribution is 5.99. The van der Waals surface area contributed by atoms with Crippen LogP contribution in [0.2, 0.25) is 0 Å². The molecule has 2 aromatic rings. The molecule has 0 fully saturated rings. The Bertz CT molecular complexity index is 801. The molecule has 6 heteroatoms. The van der Waals surface area contributed by atoms with Crippen LogP contribution in [0.3, 0.4) is 0 Å². The van der Waals surface area contributed by atoms with E-state index in [9.17, 15) is 9.59 Å². The lowest BCUT2D eigenvalue weighted by atomic mass is 10.1. The topological polar surface area (TPSA) is 73.9 Å². The van der Waals surface area contributed by atoms with Gasteiger partial charge in [0.15, 0.2) is 17.3 Å². The fraction of sp³-hybridized carbons (Fsp3) is 0.333. The van der Waals surface area contributed by atoms with Gasteiger partial charge in [0.1, 0.15) is 0 Å². The van der Waals surface area contributed by atoms with Gasteiger partial charge in [-0.3, -0.25) is 4.79 Å². The molecule has 0 aliphatic carbocycles. The molecule has 144 valence electrons. The van der Waals surface area contributed by atoms with Crippen molar-refractivity contribution >= 4 is 17.4 Å². The number of methoxy groups -OCH3 is 2. The Morgan fingerprint density at radius 2 is 1.70 bits per heavy atom. The molecule has 0 spiro atoms. The maximum atomic E-state index is 12.4. The minimum Gasteiger partial charge on any atom is -0.493 e. The Morgan fingerprint density at radius 3 is 2.37 bits per heavy atom. The van der Waals surface area contributed by atoms with Crippen molar-refractivity contribution in [1.82, 2.24) is 0 Å². The molecule has 0 saturated carbocycles. The van der Waals surface area contributed by atoms with Crippen molar-refractivity contribution in [2.24, 2.45) is 5.92 Å². The van der Waals surface area contributed by atoms with Crippen LogP contribution in [-0.2, 0) is 4.74 Å². The highest BCUT2D eigenvalue weighted by atomic mass is 16.5. The molecule has 0 aromatic heterocycles. The van der Waals surface area contributed by atoms with Gasteiger partial charge < -0.3 is 19.5 Å². The van der Waals surface area contributed by atoms with Crippen molar-refractivity contribution < 1.29 is 23.8 Å². The van der Waals surface area contributed by atoms with Gasteiger partial charge in [-0.05, 0) is 42.3 Å². The maximum absolute atomic E-state index is 12.4. The number of carbonyl (C=O) groups excluding carboxylic acids is 2. The molecule has 0 amide bonds. The quantitative estimate of drug-likeness (QED) is 0.534. The molecule has 1 N–H and O–H groups in total. The summed E-state index contributed by atoms with van der Waals surface area (Å²) in [5.74, 6) is 0.851. The fourth-order valence-corrected chi connectivity index (χ4v) is 2.38. The predicted octanol–water partition coefficient (Wildman–Crippen LogP) is 3.81. The first-order valence-electron chi connectivity index (χ1n) is 8.71. The smallest absolute Gasteiger partial charge is 0.338 e. The minimum absolute atomic E-state index is 0.0833. The summed E-state index contributed by atoms with van der Waals surface area (Å²) in [5, 5.41) is 3.04. The molecule has 0 aliphatic rings. The van der Waals surface area contributed by atoms with E-state index in [4.69, 9.17) is 14.2 Å². The number of hydrogen-bond donors (Lipinski definition) is 1. The zero-order valence-electron chi connectivity index (χ0n) is 16.1. The van der Waals surface area contributed by atoms with E-state index in [0.29, 0.717) is 34.9 Å². The van der Waals surface area contributed by atoms with Crippen LogP contribution in [0.25, 0.3) is 0 Å². The van der Waals surface area contributed by atoms with Gasteiger partial charge in [0, 0.05) is 11.3 Å². The van der Waals surface area contributed by atoms with Gasteiger partial charge in [-0.2, -0.15) is 0 Å². The minimum atomic E-state index is -0.376. The van der Waals surface area contributed by atoms with Crippen LogP contribution in [0, 0.1) is 5.92 Å². The summed E-state index contributed by atoms with van der Waals surface area (Å²) in [6, 6.07) is 11.9. The van der Waals surface area contributed by atoms with Crippen LogP contribution in [0.1, 0.15) is 34.6 Å². The Hall–Kier alpha value is -3.02. The van der Waals surface area contributed by atoms with Crippen LogP contribution < -0.4 is 14.8 Å². The van der Waals surface area contributed by atoms with Crippen molar-refractivity contribution in [2.75, 3.05) is 32.7 Å². The summed E-state index contributed by atoms with van der Waals surface area (Å²) < 4.78 is 15.6. The normalized spacial score (nSPS) is 10.4. The van der Waals surface area contributed by atoms with E-state index in [1.54, 1.807) is 49.6 Å². The molecule has 0 heterocycles. The van der Waals surface area contributed by atoms with Gasteiger partial charge in [-0.1, -0.05) is 19.9 Å². The molecule has 2 rings (SSSR count). The largest absolute Gasteiger partial charge is 0.493 e. The van der Waals surface area contributed by atoms with E-state index in [-0.39, 0.29) is 24.2 Å². The first-order valence-corrected chi connectivity index (χ1v) is 8.71. The van der Waals surface area contributed by atoms with Gasteiger partial charge in [0.25, 0.3) is 0 Å². The third-order valence-corrected chi connectivity index (χ3v) is 3.80. The summed E-state index contributed by atoms with van der Waals surface area (Å²) in [6.07, 6.45) is 0. The lowest BCUT2D eigenvalue weighted by Crippen LogP contribution is -2.15. The van der Waals surface area contributed by atoms with Crippen LogP contribution >= 0.6 is 0 Å². The summed E-state index contributed by atoms with van der Waals surface area (Å²) in [6.45, 7) is 4.41. The Morgan fingerprint density at radius 1 is 0.963 bits per heavy atom. The van der Waals surface area contributed by atoms with Gasteiger partial charge in [0.05, 0.1) is 32.9 Å². The molecule has 0 atom stereocenters. The number of Topliss-reactive ketones (excluding diaryl/α,β-unsaturated/α-hetero) is 1. The summed E-state index contributed by atoms with van der Waals surface area (Å²) in [5.41, 5.74) is 1.62. The number of anilines is 1. The standard InChI is InChI=1S/C21H25NO5/c1-14(2)13-27-21(24)16-6-5-7-17(10-16)22-12-18(23)15-8-9-19(25-3)20(11-15)26-4/h5-11,14,22H,12-13H2,1-4H3. The SMILES string of the molecule is COc1ccc(C(=O)CNc2cccc(C(=O)OCC(C)C)c2)cc1OC. The predicted molar refractivity (Wildman–Crippen MR) is 104 cm³/mol. The van der Waals surface area contributed by atoms with Crippen molar-refractivity contribution in [3.05, 3.63) is 53.6 Å². The summed E-state index contributed by atoms with van der Waals surface area (Å²) in [7, 11) is 3.06. The lowest BCUT2D eigenvalue weighted by molar-refractivity contribution is 0.0459. The van der Waals surface area contributed by atoms with Gasteiger partial charge in [-0.25, -0.2) is 4.79 Å². The van der Waals surface area contributed by atoms with Crippen molar-refractivity contribution in [3.63, 3.8) is 0 Å². The molecule has 2 aromatic carbocycles. The maximum Gasteiger partial charge on any atom is 0.338 e. The number of nitrogens with one attached hydrogen (secondary N) is 1. The highest BCUT2D eigenvalue weighted by Crippen LogP contribution is 2.27. The second-order valence-electron chi connectivity index (χ2n) is 6.42. The molecule has 27 heavy (non-hydrogen) atoms. The number of hydrogen-bond acceptors (Lipinski definition) is 6. The van der Waals surface area contributed by atoms with Crippen LogP contribution in [-0.4, -0.2) is 39.1 Å². The second-order valence-corrected chi connectivity index (χ2v) is 6.42. The van der Waals surface area contributed by atoms with Crippen LogP contribution in [0.4, 0.5) is 5.69 Å². The van der Waals surface area contributed by atoms with Crippen LogP contribution in [0.15, 0.2) is 42.5 Å². The summed E-state index contributed by atoms with van der Waals surface area (Å²) in [4.78, 5) is 24.5. The van der Waals surface area contributed by atoms with Crippen molar-refractivity contribution in [3.8, 4) is 11.5 Å². The number of ether oxygens (including phenoxy) is 3. The van der Waals surface area contributed by atoms with Crippen LogP contribution in [0.5, 0.6) is 11.5 Å². The van der Waals surface area contributed by atoms with Gasteiger partial charge >= 0.3 is 5.97 Å². The summed E-state index contributed by atoms with van der Waals surface area (Å²) >= 11 is 0. The van der Waals surface area contributed by atoms with E-state index in [2.05, 4.69) is 5.32 Å². The number of benzene rings is 2. The first-order chi connectivity index (χ1) is 12.9. The monoisotopic (exact) mass is 371 g/mol. The van der Waals surface area contributed by atoms with E-state index >= 15 is 0 Å². The average molecular weight is 371 g/mol. The second kappa shape index (κ2) is 9.62. The lowest BCUT2D eigenvalue weighted by Gasteiger charge is -2.11. The fourth-order valence-electron chi connectivity index (χ4n) is 2.38. The van der Waals surface area contributed by atoms with E-state index in [0.717, 1.165) is 0 Å². The van der Waals surface area contributed by atoms with Gasteiger partial charge in [0.2, 0.25) is 0 Å². The number of carbonyl (C=O) groups is 2. The molecule has 0 saturated heterocycles. The number of rotatable bonds is 9. The zero-order chi connectivity index (χ0) is 19.8. The highest BCUT2D eigenvalue weighted by Gasteiger charge is 2.12. The zero-order valence-corrected chi connectivity index (χ0v) is 16.1. The Balaban J connectivity index is 2.01. The molecule has 6 nitrogen and oxygen atoms in total. The third-order valence-electron chi connectivity index (χ3n) is 3.80. The Kier molecular flexibility index (Phi) is 7.23. The molecule has 0 unspecified atom stereocenters. The Labute approximate surface area is 159 Å². The van der Waals surface area contributed by atoms with E-state index in [1.807, 2.05) is 13.8 Å². The molecule has 0 bridgehead atoms. The van der Waals surface area contributed by atoms with Crippen molar-refractivity contribution in [2.45, 2.75) is 13.8 Å². The van der Waals surface area contributed by atoms with Crippen molar-refractivity contribution in [1.29, 1.82) is 0 Å². The third kappa shape index (κ3) is 5.74. The first kappa shape index (κ1) is 20.3. The molecule has 0 radical (unpaired) electrons. The number of esters is 1. The van der Waals surface area contributed by atoms with E-state index < -0.39 is 0 Å². The molecular formula is C21H25NO5. The van der Waals surface area contributed by atoms with E-state index in [1.165, 1.54) is 7.11 Å². The number of ketones is 1. The van der Waals surface area contributed by atoms with Gasteiger partial charge in [-0.15, -0.1) is 0 Å². The average Bonchev–Trinajstić information content (AvgIpc) is 2.69. The molecule has 0 aliphatic heterocycles.